The van der Waals surface area contributed by atoms with Crippen molar-refractivity contribution in [3.8, 4) is 0 Å². The fourth-order valence-electron chi connectivity index (χ4n) is 2.16. The first-order chi connectivity index (χ1) is 9.22. The monoisotopic (exact) mass is 315 g/mol. The van der Waals surface area contributed by atoms with Gasteiger partial charge in [-0.3, -0.25) is 4.98 Å². The topological polar surface area (TPSA) is 26.0 Å². The van der Waals surface area contributed by atoms with Gasteiger partial charge in [0.25, 0.3) is 0 Å². The molecule has 0 bridgehead atoms. The van der Waals surface area contributed by atoms with Crippen LogP contribution in [0.2, 0.25) is 0 Å². The molecule has 2 heterocycles. The number of aryl methyl sites for hydroxylation is 1. The quantitative estimate of drug-likeness (QED) is 0.648. The minimum Gasteiger partial charge on any atom is -0.460 e. The van der Waals surface area contributed by atoms with Gasteiger partial charge in [-0.05, 0) is 49.2 Å². The first-order valence-corrected chi connectivity index (χ1v) is 7.17. The number of nitrogens with zero attached hydrogens (tertiary/aromatic N) is 1. The van der Waals surface area contributed by atoms with Gasteiger partial charge in [0, 0.05) is 17.8 Å². The van der Waals surface area contributed by atoms with Gasteiger partial charge in [0.2, 0.25) is 0 Å². The van der Waals surface area contributed by atoms with Crippen molar-refractivity contribution >= 4 is 26.9 Å². The molecule has 2 nitrogen and oxygen atoms in total. The number of alkyl halides is 1. The Bertz CT molecular complexity index is 690. The number of pyridine rings is 1. The number of rotatable bonds is 3. The number of fused-ring (bicyclic) bond motifs is 1. The molecule has 0 aliphatic heterocycles. The molecule has 0 aliphatic rings. The Morgan fingerprint density at radius 3 is 2.74 bits per heavy atom. The van der Waals surface area contributed by atoms with E-state index in [1.807, 2.05) is 30.6 Å². The molecule has 0 N–H and O–H groups in total. The minimum absolute atomic E-state index is 0.183. The average Bonchev–Trinajstić information content (AvgIpc) is 2.83. The van der Waals surface area contributed by atoms with Crippen molar-refractivity contribution in [2.75, 3.05) is 0 Å². The van der Waals surface area contributed by atoms with Crippen LogP contribution in [0, 0.1) is 6.92 Å². The molecule has 0 saturated carbocycles. The molecule has 0 saturated heterocycles. The van der Waals surface area contributed by atoms with Gasteiger partial charge in [-0.25, -0.2) is 0 Å². The van der Waals surface area contributed by atoms with Crippen LogP contribution in [0.4, 0.5) is 0 Å². The SMILES string of the molecule is Cc1ccc2oc(C(Br)Cc3ccncc3)cc2c1. The van der Waals surface area contributed by atoms with Gasteiger partial charge in [0.05, 0.1) is 4.83 Å². The van der Waals surface area contributed by atoms with Crippen molar-refractivity contribution in [3.63, 3.8) is 0 Å². The lowest BCUT2D eigenvalue weighted by molar-refractivity contribution is 0.545. The van der Waals surface area contributed by atoms with Crippen LogP contribution in [0.15, 0.2) is 53.2 Å². The molecule has 2 aromatic heterocycles. The van der Waals surface area contributed by atoms with Crippen molar-refractivity contribution in [2.45, 2.75) is 18.2 Å². The maximum Gasteiger partial charge on any atom is 0.134 e. The van der Waals surface area contributed by atoms with Gasteiger partial charge in [-0.2, -0.15) is 0 Å². The molecule has 0 amide bonds. The molecular weight excluding hydrogens is 302 g/mol. The summed E-state index contributed by atoms with van der Waals surface area (Å²) in [6.45, 7) is 2.09. The summed E-state index contributed by atoms with van der Waals surface area (Å²) in [5.41, 5.74) is 3.44. The van der Waals surface area contributed by atoms with Gasteiger partial charge in [-0.1, -0.05) is 27.6 Å². The third-order valence-corrected chi connectivity index (χ3v) is 3.94. The van der Waals surface area contributed by atoms with Crippen LogP contribution in [0.25, 0.3) is 11.0 Å². The van der Waals surface area contributed by atoms with Gasteiger partial charge in [-0.15, -0.1) is 0 Å². The summed E-state index contributed by atoms with van der Waals surface area (Å²) in [7, 11) is 0. The second kappa shape index (κ2) is 5.17. The standard InChI is InChI=1S/C16H14BrNO/c1-11-2-3-15-13(8-11)10-16(19-15)14(17)9-12-4-6-18-7-5-12/h2-8,10,14H,9H2,1H3. The molecule has 0 radical (unpaired) electrons. The largest absolute Gasteiger partial charge is 0.460 e. The van der Waals surface area contributed by atoms with Crippen molar-refractivity contribution < 1.29 is 4.42 Å². The highest BCUT2D eigenvalue weighted by atomic mass is 79.9. The second-order valence-corrected chi connectivity index (χ2v) is 5.82. The van der Waals surface area contributed by atoms with Crippen LogP contribution >= 0.6 is 15.9 Å². The van der Waals surface area contributed by atoms with E-state index in [9.17, 15) is 0 Å². The molecule has 3 aromatic rings. The Hall–Kier alpha value is -1.61. The fraction of sp³-hybridized carbons (Fsp3) is 0.188. The third kappa shape index (κ3) is 2.71. The normalized spacial score (nSPS) is 12.7. The van der Waals surface area contributed by atoms with E-state index in [2.05, 4.69) is 46.0 Å². The van der Waals surface area contributed by atoms with Crippen LogP contribution in [0.5, 0.6) is 0 Å². The van der Waals surface area contributed by atoms with E-state index >= 15 is 0 Å². The van der Waals surface area contributed by atoms with E-state index < -0.39 is 0 Å². The summed E-state index contributed by atoms with van der Waals surface area (Å²) in [6, 6.07) is 12.4. The first-order valence-electron chi connectivity index (χ1n) is 6.25. The van der Waals surface area contributed by atoms with E-state index in [0.717, 1.165) is 23.2 Å². The molecule has 3 rings (SSSR count). The summed E-state index contributed by atoms with van der Waals surface area (Å²) in [5.74, 6) is 0.970. The van der Waals surface area contributed by atoms with Crippen LogP contribution in [0.3, 0.4) is 0 Å². The number of furan rings is 1. The molecule has 1 unspecified atom stereocenters. The predicted octanol–water partition coefficient (Wildman–Crippen LogP) is 4.81. The van der Waals surface area contributed by atoms with Crippen LogP contribution in [0.1, 0.15) is 21.7 Å². The highest BCUT2D eigenvalue weighted by Gasteiger charge is 2.14. The number of halogens is 1. The smallest absolute Gasteiger partial charge is 0.134 e. The predicted molar refractivity (Wildman–Crippen MR) is 80.6 cm³/mol. The van der Waals surface area contributed by atoms with E-state index in [0.29, 0.717) is 0 Å². The lowest BCUT2D eigenvalue weighted by Crippen LogP contribution is -1.93. The number of aromatic nitrogens is 1. The van der Waals surface area contributed by atoms with Crippen molar-refractivity contribution in [2.24, 2.45) is 0 Å². The third-order valence-electron chi connectivity index (χ3n) is 3.16. The lowest BCUT2D eigenvalue weighted by Gasteiger charge is -2.06. The Morgan fingerprint density at radius 2 is 1.95 bits per heavy atom. The summed E-state index contributed by atoms with van der Waals surface area (Å²) in [5, 5.41) is 1.16. The van der Waals surface area contributed by atoms with Crippen LogP contribution in [-0.4, -0.2) is 4.98 Å². The molecule has 0 spiro atoms. The summed E-state index contributed by atoms with van der Waals surface area (Å²) >= 11 is 3.71. The van der Waals surface area contributed by atoms with Crippen molar-refractivity contribution in [1.29, 1.82) is 0 Å². The maximum atomic E-state index is 5.89. The van der Waals surface area contributed by atoms with Gasteiger partial charge in [0.15, 0.2) is 0 Å². The summed E-state index contributed by atoms with van der Waals surface area (Å²) in [4.78, 5) is 4.21. The molecule has 96 valence electrons. The molecule has 1 aromatic carbocycles. The summed E-state index contributed by atoms with van der Waals surface area (Å²) < 4.78 is 5.89. The molecule has 0 fully saturated rings. The minimum atomic E-state index is 0.183. The van der Waals surface area contributed by atoms with Crippen LogP contribution in [-0.2, 0) is 6.42 Å². The van der Waals surface area contributed by atoms with E-state index in [-0.39, 0.29) is 4.83 Å². The lowest BCUT2D eigenvalue weighted by atomic mass is 10.1. The maximum absolute atomic E-state index is 5.89. The highest BCUT2D eigenvalue weighted by molar-refractivity contribution is 9.09. The summed E-state index contributed by atoms with van der Waals surface area (Å²) in [6.07, 6.45) is 4.52. The average molecular weight is 316 g/mol. The highest BCUT2D eigenvalue weighted by Crippen LogP contribution is 2.32. The van der Waals surface area contributed by atoms with Gasteiger partial charge in [0.1, 0.15) is 11.3 Å². The molecule has 3 heteroatoms. The van der Waals surface area contributed by atoms with E-state index in [1.54, 1.807) is 0 Å². The zero-order valence-corrected chi connectivity index (χ0v) is 12.2. The Morgan fingerprint density at radius 1 is 1.16 bits per heavy atom. The second-order valence-electron chi connectivity index (χ2n) is 4.72. The molecule has 0 aliphatic carbocycles. The van der Waals surface area contributed by atoms with Crippen molar-refractivity contribution in [1.82, 2.24) is 4.98 Å². The first kappa shape index (κ1) is 12.4. The Kier molecular flexibility index (Phi) is 3.38. The van der Waals surface area contributed by atoms with Crippen LogP contribution < -0.4 is 0 Å². The van der Waals surface area contributed by atoms with Crippen molar-refractivity contribution in [3.05, 3.63) is 65.7 Å². The Labute approximate surface area is 120 Å². The van der Waals surface area contributed by atoms with E-state index in [1.165, 1.54) is 11.1 Å². The van der Waals surface area contributed by atoms with Gasteiger partial charge < -0.3 is 4.42 Å². The van der Waals surface area contributed by atoms with E-state index in [4.69, 9.17) is 4.42 Å². The molecule has 1 atom stereocenters. The number of benzene rings is 1. The fourth-order valence-corrected chi connectivity index (χ4v) is 2.76. The number of hydrogen-bond acceptors (Lipinski definition) is 2. The Balaban J connectivity index is 1.87. The zero-order chi connectivity index (χ0) is 13.2. The zero-order valence-electron chi connectivity index (χ0n) is 10.6. The molecule has 19 heavy (non-hydrogen) atoms. The number of hydrogen-bond donors (Lipinski definition) is 0. The van der Waals surface area contributed by atoms with Gasteiger partial charge >= 0.3 is 0 Å². The molecular formula is C16H14BrNO.